The number of likely N-dealkylation sites (tertiary alicyclic amines) is 1. The third-order valence-electron chi connectivity index (χ3n) is 6.13. The molecule has 0 spiro atoms. The van der Waals surface area contributed by atoms with Crippen LogP contribution in [0.4, 0.5) is 4.79 Å². The summed E-state index contributed by atoms with van der Waals surface area (Å²) in [5, 5.41) is 12.3. The van der Waals surface area contributed by atoms with E-state index in [1.807, 2.05) is 30.3 Å². The summed E-state index contributed by atoms with van der Waals surface area (Å²) in [6, 6.07) is 11.2. The molecule has 3 aliphatic rings. The SMILES string of the molecule is O=C1CCOc2ccc(-c3ccc4c(c3)C(=O)NC[C@H]3CN(C(=O)O)C[C@H]43)cc21. The monoisotopic (exact) mass is 392 g/mol. The number of hydrogen-bond acceptors (Lipinski definition) is 4. The third kappa shape index (κ3) is 2.93. The lowest BCUT2D eigenvalue weighted by atomic mass is 9.86. The molecule has 2 aromatic carbocycles. The third-order valence-corrected chi connectivity index (χ3v) is 6.13. The van der Waals surface area contributed by atoms with Gasteiger partial charge >= 0.3 is 6.09 Å². The average molecular weight is 392 g/mol. The number of ketones is 1. The number of carbonyl (C=O) groups is 3. The van der Waals surface area contributed by atoms with Crippen molar-refractivity contribution in [2.24, 2.45) is 5.92 Å². The molecular weight excluding hydrogens is 372 g/mol. The minimum Gasteiger partial charge on any atom is -0.492 e. The van der Waals surface area contributed by atoms with Crippen molar-refractivity contribution in [2.45, 2.75) is 12.3 Å². The summed E-state index contributed by atoms with van der Waals surface area (Å²) in [5.74, 6) is 0.576. The first-order valence-corrected chi connectivity index (χ1v) is 9.71. The molecule has 148 valence electrons. The molecule has 2 N–H and O–H groups in total. The molecule has 1 fully saturated rings. The van der Waals surface area contributed by atoms with E-state index in [0.29, 0.717) is 49.5 Å². The molecule has 7 nitrogen and oxygen atoms in total. The largest absolute Gasteiger partial charge is 0.492 e. The van der Waals surface area contributed by atoms with Gasteiger partial charge in [0.25, 0.3) is 5.91 Å². The van der Waals surface area contributed by atoms with Crippen LogP contribution in [0, 0.1) is 5.92 Å². The van der Waals surface area contributed by atoms with Gasteiger partial charge in [0, 0.05) is 43.5 Å². The Morgan fingerprint density at radius 2 is 1.83 bits per heavy atom. The standard InChI is InChI=1S/C22H20N2O5/c25-19-5-6-29-20-4-2-13(8-17(19)20)12-1-3-15-16(7-12)21(26)23-9-14-10-24(22(27)28)11-18(14)15/h1-4,7-8,14,18H,5-6,9-11H2,(H,23,26)(H,27,28)/t14-,18-/m0/s1. The number of ether oxygens (including phenoxy) is 1. The van der Waals surface area contributed by atoms with Gasteiger partial charge in [0.2, 0.25) is 0 Å². The predicted octanol–water partition coefficient (Wildman–Crippen LogP) is 2.76. The summed E-state index contributed by atoms with van der Waals surface area (Å²) in [5.41, 5.74) is 3.71. The molecule has 0 unspecified atom stereocenters. The maximum absolute atomic E-state index is 12.7. The van der Waals surface area contributed by atoms with Crippen molar-refractivity contribution in [1.29, 1.82) is 0 Å². The fourth-order valence-electron chi connectivity index (χ4n) is 4.60. The summed E-state index contributed by atoms with van der Waals surface area (Å²) in [4.78, 5) is 37.7. The fourth-order valence-corrected chi connectivity index (χ4v) is 4.60. The molecule has 29 heavy (non-hydrogen) atoms. The van der Waals surface area contributed by atoms with Crippen LogP contribution in [-0.4, -0.2) is 54.0 Å². The number of nitrogens with zero attached hydrogens (tertiary/aromatic N) is 1. The van der Waals surface area contributed by atoms with E-state index in [1.54, 1.807) is 6.07 Å². The summed E-state index contributed by atoms with van der Waals surface area (Å²) in [6.07, 6.45) is -0.560. The Morgan fingerprint density at radius 3 is 2.62 bits per heavy atom. The van der Waals surface area contributed by atoms with Crippen molar-refractivity contribution in [3.63, 3.8) is 0 Å². The fraction of sp³-hybridized carbons (Fsp3) is 0.318. The molecule has 0 saturated carbocycles. The van der Waals surface area contributed by atoms with Crippen molar-refractivity contribution >= 4 is 17.8 Å². The van der Waals surface area contributed by atoms with Crippen LogP contribution < -0.4 is 10.1 Å². The lowest BCUT2D eigenvalue weighted by Gasteiger charge is -2.18. The van der Waals surface area contributed by atoms with E-state index in [1.165, 1.54) is 4.90 Å². The van der Waals surface area contributed by atoms with Crippen molar-refractivity contribution in [1.82, 2.24) is 10.2 Å². The summed E-state index contributed by atoms with van der Waals surface area (Å²) < 4.78 is 5.55. The second-order valence-corrected chi connectivity index (χ2v) is 7.80. The Bertz CT molecular complexity index is 1050. The Hall–Kier alpha value is -3.35. The number of rotatable bonds is 1. The average Bonchev–Trinajstić information content (AvgIpc) is 3.11. The minimum atomic E-state index is -0.927. The van der Waals surface area contributed by atoms with E-state index >= 15 is 0 Å². The quantitative estimate of drug-likeness (QED) is 0.778. The zero-order valence-electron chi connectivity index (χ0n) is 15.7. The normalized spacial score (nSPS) is 22.7. The van der Waals surface area contributed by atoms with Gasteiger partial charge in [-0.05, 0) is 34.9 Å². The van der Waals surface area contributed by atoms with Crippen molar-refractivity contribution < 1.29 is 24.2 Å². The van der Waals surface area contributed by atoms with Crippen molar-refractivity contribution in [3.05, 3.63) is 53.1 Å². The predicted molar refractivity (Wildman–Crippen MR) is 104 cm³/mol. The summed E-state index contributed by atoms with van der Waals surface area (Å²) >= 11 is 0. The molecular formula is C22H20N2O5. The second kappa shape index (κ2) is 6.62. The number of carboxylic acid groups (broad SMARTS) is 1. The van der Waals surface area contributed by atoms with Gasteiger partial charge in [-0.15, -0.1) is 0 Å². The van der Waals surface area contributed by atoms with Gasteiger partial charge in [0.1, 0.15) is 5.75 Å². The number of hydrogen-bond donors (Lipinski definition) is 2. The van der Waals surface area contributed by atoms with Gasteiger partial charge in [-0.2, -0.15) is 0 Å². The smallest absolute Gasteiger partial charge is 0.407 e. The van der Waals surface area contributed by atoms with Crippen LogP contribution in [0.25, 0.3) is 11.1 Å². The van der Waals surface area contributed by atoms with E-state index in [-0.39, 0.29) is 23.5 Å². The molecule has 2 aromatic rings. The van der Waals surface area contributed by atoms with Gasteiger partial charge in [0.05, 0.1) is 12.2 Å². The van der Waals surface area contributed by atoms with E-state index in [0.717, 1.165) is 16.7 Å². The van der Waals surface area contributed by atoms with Gasteiger partial charge in [-0.1, -0.05) is 18.2 Å². The number of amides is 2. The molecule has 1 saturated heterocycles. The lowest BCUT2D eigenvalue weighted by molar-refractivity contribution is 0.0929. The zero-order valence-corrected chi connectivity index (χ0v) is 15.7. The molecule has 0 bridgehead atoms. The summed E-state index contributed by atoms with van der Waals surface area (Å²) in [7, 11) is 0. The van der Waals surface area contributed by atoms with Crippen LogP contribution in [0.2, 0.25) is 0 Å². The van der Waals surface area contributed by atoms with Crippen molar-refractivity contribution in [3.8, 4) is 16.9 Å². The molecule has 2 atom stereocenters. The van der Waals surface area contributed by atoms with Gasteiger partial charge in [0.15, 0.2) is 5.78 Å². The van der Waals surface area contributed by atoms with Crippen LogP contribution in [0.15, 0.2) is 36.4 Å². The van der Waals surface area contributed by atoms with Crippen LogP contribution in [-0.2, 0) is 0 Å². The lowest BCUT2D eigenvalue weighted by Crippen LogP contribution is -2.31. The van der Waals surface area contributed by atoms with Gasteiger partial charge < -0.3 is 20.1 Å². The van der Waals surface area contributed by atoms with E-state index < -0.39 is 6.09 Å². The first-order valence-electron chi connectivity index (χ1n) is 9.71. The first-order chi connectivity index (χ1) is 14.0. The van der Waals surface area contributed by atoms with Gasteiger partial charge in [-0.25, -0.2) is 4.79 Å². The molecule has 7 heteroatoms. The number of carbonyl (C=O) groups excluding carboxylic acids is 2. The maximum Gasteiger partial charge on any atom is 0.407 e. The van der Waals surface area contributed by atoms with Crippen LogP contribution in [0.3, 0.4) is 0 Å². The highest BCUT2D eigenvalue weighted by Crippen LogP contribution is 2.38. The Balaban J connectivity index is 1.54. The molecule has 0 radical (unpaired) electrons. The molecule has 0 aromatic heterocycles. The zero-order chi connectivity index (χ0) is 20.1. The van der Waals surface area contributed by atoms with Crippen molar-refractivity contribution in [2.75, 3.05) is 26.2 Å². The van der Waals surface area contributed by atoms with Gasteiger partial charge in [-0.3, -0.25) is 9.59 Å². The van der Waals surface area contributed by atoms with E-state index in [2.05, 4.69) is 5.32 Å². The maximum atomic E-state index is 12.7. The molecule has 2 amide bonds. The first kappa shape index (κ1) is 17.7. The van der Waals surface area contributed by atoms with Crippen LogP contribution in [0.5, 0.6) is 5.75 Å². The van der Waals surface area contributed by atoms with E-state index in [9.17, 15) is 19.5 Å². The molecule has 5 rings (SSSR count). The molecule has 3 aliphatic heterocycles. The number of fused-ring (bicyclic) bond motifs is 4. The van der Waals surface area contributed by atoms with Crippen LogP contribution in [0.1, 0.15) is 38.6 Å². The van der Waals surface area contributed by atoms with Crippen LogP contribution >= 0.6 is 0 Å². The second-order valence-electron chi connectivity index (χ2n) is 7.80. The topological polar surface area (TPSA) is 95.9 Å². The molecule has 0 aliphatic carbocycles. The Kier molecular flexibility index (Phi) is 4.04. The highest BCUT2D eigenvalue weighted by atomic mass is 16.5. The highest BCUT2D eigenvalue weighted by Gasteiger charge is 2.40. The Morgan fingerprint density at radius 1 is 1.07 bits per heavy atom. The number of Topliss-reactive ketones (excluding diaryl/α,β-unsaturated/α-hetero) is 1. The summed E-state index contributed by atoms with van der Waals surface area (Å²) in [6.45, 7) is 1.68. The number of nitrogens with one attached hydrogen (secondary N) is 1. The minimum absolute atomic E-state index is 0.00684. The van der Waals surface area contributed by atoms with E-state index in [4.69, 9.17) is 4.74 Å². The highest BCUT2D eigenvalue weighted by molar-refractivity contribution is 6.01. The Labute approximate surface area is 167 Å². The molecule has 3 heterocycles. The number of benzene rings is 2.